The van der Waals surface area contributed by atoms with Crippen LogP contribution < -0.4 is 4.90 Å². The summed E-state index contributed by atoms with van der Waals surface area (Å²) in [7, 11) is 0. The predicted octanol–water partition coefficient (Wildman–Crippen LogP) is 2.90. The van der Waals surface area contributed by atoms with Crippen molar-refractivity contribution in [2.45, 2.75) is 34.6 Å². The van der Waals surface area contributed by atoms with Crippen LogP contribution in [0.2, 0.25) is 0 Å². The molecule has 0 aliphatic carbocycles. The van der Waals surface area contributed by atoms with Gasteiger partial charge in [-0.2, -0.15) is 5.10 Å². The molecule has 0 saturated carbocycles. The summed E-state index contributed by atoms with van der Waals surface area (Å²) in [6.45, 7) is 13.5. The Balaban J connectivity index is 2.14. The van der Waals surface area contributed by atoms with Crippen LogP contribution in [0, 0.1) is 24.2 Å². The van der Waals surface area contributed by atoms with Crippen molar-refractivity contribution in [3.63, 3.8) is 0 Å². The minimum atomic E-state index is 0.367. The summed E-state index contributed by atoms with van der Waals surface area (Å²) in [5, 5.41) is 8.43. The van der Waals surface area contributed by atoms with Gasteiger partial charge in [0, 0.05) is 13.1 Å². The molecule has 94 valence electrons. The molecule has 2 unspecified atom stereocenters. The average molecular weight is 233 g/mol. The highest BCUT2D eigenvalue weighted by Crippen LogP contribution is 2.38. The number of hydrogen-bond acceptors (Lipinski definition) is 3. The molecule has 0 N–H and O–H groups in total. The number of hydrogen-bond donors (Lipinski definition) is 0. The van der Waals surface area contributed by atoms with Crippen molar-refractivity contribution in [2.24, 2.45) is 17.3 Å². The second-order valence-electron chi connectivity index (χ2n) is 6.39. The molecule has 2 atom stereocenters. The van der Waals surface area contributed by atoms with Crippen LogP contribution in [0.3, 0.4) is 0 Å². The van der Waals surface area contributed by atoms with Gasteiger partial charge in [-0.3, -0.25) is 0 Å². The first-order chi connectivity index (χ1) is 7.88. The first-order valence-electron chi connectivity index (χ1n) is 6.43. The molecule has 2 heterocycles. The van der Waals surface area contributed by atoms with Gasteiger partial charge in [0.25, 0.3) is 0 Å². The Morgan fingerprint density at radius 2 is 1.88 bits per heavy atom. The Morgan fingerprint density at radius 1 is 1.18 bits per heavy atom. The maximum atomic E-state index is 4.29. The highest BCUT2D eigenvalue weighted by molar-refractivity contribution is 5.39. The number of nitrogens with zero attached hydrogens (tertiary/aromatic N) is 3. The molecule has 1 aliphatic rings. The number of anilines is 1. The van der Waals surface area contributed by atoms with E-state index in [0.29, 0.717) is 5.41 Å². The molecule has 2 rings (SSSR count). The van der Waals surface area contributed by atoms with Crippen molar-refractivity contribution in [3.05, 3.63) is 17.8 Å². The molecule has 0 radical (unpaired) electrons. The van der Waals surface area contributed by atoms with E-state index in [1.54, 1.807) is 0 Å². The van der Waals surface area contributed by atoms with E-state index in [-0.39, 0.29) is 0 Å². The third-order valence-electron chi connectivity index (χ3n) is 3.83. The van der Waals surface area contributed by atoms with Gasteiger partial charge < -0.3 is 4.90 Å². The maximum Gasteiger partial charge on any atom is 0.151 e. The quantitative estimate of drug-likeness (QED) is 0.747. The van der Waals surface area contributed by atoms with Crippen molar-refractivity contribution >= 4 is 5.82 Å². The van der Waals surface area contributed by atoms with E-state index in [0.717, 1.165) is 36.4 Å². The fourth-order valence-corrected chi connectivity index (χ4v) is 2.84. The normalized spacial score (nSPS) is 25.4. The topological polar surface area (TPSA) is 29.0 Å². The summed E-state index contributed by atoms with van der Waals surface area (Å²) in [5.74, 6) is 2.47. The van der Waals surface area contributed by atoms with Gasteiger partial charge in [0.15, 0.2) is 5.82 Å². The molecule has 1 aliphatic heterocycles. The van der Waals surface area contributed by atoms with Gasteiger partial charge in [-0.15, -0.1) is 5.10 Å². The van der Waals surface area contributed by atoms with E-state index in [4.69, 9.17) is 0 Å². The average Bonchev–Trinajstić information content (AvgIpc) is 2.61. The van der Waals surface area contributed by atoms with Crippen LogP contribution in [0.4, 0.5) is 5.82 Å². The van der Waals surface area contributed by atoms with Crippen LogP contribution in [-0.2, 0) is 0 Å². The second-order valence-corrected chi connectivity index (χ2v) is 6.39. The van der Waals surface area contributed by atoms with Gasteiger partial charge in [-0.05, 0) is 36.3 Å². The molecule has 0 spiro atoms. The van der Waals surface area contributed by atoms with Crippen molar-refractivity contribution in [3.8, 4) is 0 Å². The molecule has 0 amide bonds. The van der Waals surface area contributed by atoms with Crippen LogP contribution in [0.5, 0.6) is 0 Å². The third-order valence-corrected chi connectivity index (χ3v) is 3.83. The summed E-state index contributed by atoms with van der Waals surface area (Å²) in [5.41, 5.74) is 1.35. The van der Waals surface area contributed by atoms with E-state index < -0.39 is 0 Å². The fraction of sp³-hybridized carbons (Fsp3) is 0.714. The molecule has 1 aromatic heterocycles. The Hall–Kier alpha value is -1.12. The van der Waals surface area contributed by atoms with Gasteiger partial charge in [0.2, 0.25) is 0 Å². The molecular weight excluding hydrogens is 210 g/mol. The summed E-state index contributed by atoms with van der Waals surface area (Å²) in [6.07, 6.45) is 0. The van der Waals surface area contributed by atoms with Crippen molar-refractivity contribution in [1.29, 1.82) is 0 Å². The smallest absolute Gasteiger partial charge is 0.151 e. The van der Waals surface area contributed by atoms with E-state index in [2.05, 4.69) is 48.9 Å². The maximum absolute atomic E-state index is 4.29. The molecule has 0 bridgehead atoms. The first kappa shape index (κ1) is 12.3. The number of aryl methyl sites for hydroxylation is 1. The van der Waals surface area contributed by atoms with Gasteiger partial charge >= 0.3 is 0 Å². The van der Waals surface area contributed by atoms with Gasteiger partial charge in [0.1, 0.15) is 0 Å². The highest BCUT2D eigenvalue weighted by Gasteiger charge is 2.37. The minimum Gasteiger partial charge on any atom is -0.355 e. The molecule has 1 saturated heterocycles. The Bertz CT molecular complexity index is 377. The third kappa shape index (κ3) is 2.59. The van der Waals surface area contributed by atoms with Crippen molar-refractivity contribution < 1.29 is 0 Å². The standard InChI is InChI=1S/C14H23N3/c1-10-8-17(9-12(10)14(3,4)5)13-7-6-11(2)15-16-13/h6-7,10,12H,8-9H2,1-5H3. The number of aromatic nitrogens is 2. The summed E-state index contributed by atoms with van der Waals surface area (Å²) >= 11 is 0. The summed E-state index contributed by atoms with van der Waals surface area (Å²) < 4.78 is 0. The van der Waals surface area contributed by atoms with Crippen LogP contribution in [0.15, 0.2) is 12.1 Å². The van der Waals surface area contributed by atoms with E-state index >= 15 is 0 Å². The Morgan fingerprint density at radius 3 is 2.35 bits per heavy atom. The van der Waals surface area contributed by atoms with Crippen molar-refractivity contribution in [2.75, 3.05) is 18.0 Å². The lowest BCUT2D eigenvalue weighted by Crippen LogP contribution is -2.27. The highest BCUT2D eigenvalue weighted by atomic mass is 15.3. The van der Waals surface area contributed by atoms with Gasteiger partial charge in [0.05, 0.1) is 5.69 Å². The van der Waals surface area contributed by atoms with E-state index in [1.165, 1.54) is 0 Å². The van der Waals surface area contributed by atoms with Crippen molar-refractivity contribution in [1.82, 2.24) is 10.2 Å². The SMILES string of the molecule is Cc1ccc(N2CC(C)C(C(C)(C)C)C2)nn1. The molecule has 3 nitrogen and oxygen atoms in total. The predicted molar refractivity (Wildman–Crippen MR) is 71.1 cm³/mol. The monoisotopic (exact) mass is 233 g/mol. The van der Waals surface area contributed by atoms with Crippen LogP contribution in [-0.4, -0.2) is 23.3 Å². The Labute approximate surface area is 104 Å². The fourth-order valence-electron chi connectivity index (χ4n) is 2.84. The molecular formula is C14H23N3. The van der Waals surface area contributed by atoms with Crippen LogP contribution in [0.1, 0.15) is 33.4 Å². The summed E-state index contributed by atoms with van der Waals surface area (Å²) in [6, 6.07) is 4.12. The zero-order chi connectivity index (χ0) is 12.6. The largest absolute Gasteiger partial charge is 0.355 e. The van der Waals surface area contributed by atoms with E-state index in [9.17, 15) is 0 Å². The van der Waals surface area contributed by atoms with E-state index in [1.807, 2.05) is 13.0 Å². The molecule has 0 aromatic carbocycles. The van der Waals surface area contributed by atoms with Gasteiger partial charge in [-0.1, -0.05) is 27.7 Å². The summed E-state index contributed by atoms with van der Waals surface area (Å²) in [4.78, 5) is 2.37. The molecule has 17 heavy (non-hydrogen) atoms. The molecule has 1 aromatic rings. The van der Waals surface area contributed by atoms with Gasteiger partial charge in [-0.25, -0.2) is 0 Å². The zero-order valence-corrected chi connectivity index (χ0v) is 11.6. The first-order valence-corrected chi connectivity index (χ1v) is 6.43. The lowest BCUT2D eigenvalue weighted by molar-refractivity contribution is 0.214. The molecule has 1 fully saturated rings. The zero-order valence-electron chi connectivity index (χ0n) is 11.6. The lowest BCUT2D eigenvalue weighted by Gasteiger charge is -2.29. The van der Waals surface area contributed by atoms with Crippen LogP contribution in [0.25, 0.3) is 0 Å². The lowest BCUT2D eigenvalue weighted by atomic mass is 9.76. The Kier molecular flexibility index (Phi) is 3.11. The second kappa shape index (κ2) is 4.28. The number of rotatable bonds is 1. The molecule has 3 heteroatoms. The minimum absolute atomic E-state index is 0.367. The van der Waals surface area contributed by atoms with Crippen LogP contribution >= 0.6 is 0 Å².